The largest absolute Gasteiger partial charge is 0.330 e. The Bertz CT molecular complexity index is 597. The lowest BCUT2D eigenvalue weighted by Gasteiger charge is -2.06. The number of sulfone groups is 1. The zero-order chi connectivity index (χ0) is 13.1. The molecule has 0 N–H and O–H groups in total. The molecular formula is C10H16N2O4S. The maximum atomic E-state index is 11.6. The highest BCUT2D eigenvalue weighted by molar-refractivity contribution is 7.91. The summed E-state index contributed by atoms with van der Waals surface area (Å²) in [5, 5.41) is 0. The summed E-state index contributed by atoms with van der Waals surface area (Å²) < 4.78 is 24.8. The number of rotatable bonds is 5. The Balaban J connectivity index is 2.81. The highest BCUT2D eigenvalue weighted by Crippen LogP contribution is 1.94. The summed E-state index contributed by atoms with van der Waals surface area (Å²) in [5.41, 5.74) is -0.826. The summed E-state index contributed by atoms with van der Waals surface area (Å²) in [6.07, 6.45) is 1.67. The Labute approximate surface area is 99.4 Å². The van der Waals surface area contributed by atoms with Crippen LogP contribution in [-0.4, -0.2) is 29.1 Å². The van der Waals surface area contributed by atoms with Crippen LogP contribution in [-0.2, 0) is 23.4 Å². The van der Waals surface area contributed by atoms with Crippen molar-refractivity contribution in [3.05, 3.63) is 33.1 Å². The third-order valence-electron chi connectivity index (χ3n) is 2.52. The molecule has 0 amide bonds. The van der Waals surface area contributed by atoms with Crippen LogP contribution in [0.1, 0.15) is 13.3 Å². The Hall–Kier alpha value is -1.37. The lowest BCUT2D eigenvalue weighted by molar-refractivity contribution is 0.564. The Morgan fingerprint density at radius 3 is 2.53 bits per heavy atom. The van der Waals surface area contributed by atoms with E-state index in [1.165, 1.54) is 16.8 Å². The third-order valence-corrected chi connectivity index (χ3v) is 4.31. The fraction of sp³-hybridized carbons (Fsp3) is 0.600. The molecule has 0 atom stereocenters. The molecule has 0 aliphatic heterocycles. The summed E-state index contributed by atoms with van der Waals surface area (Å²) in [6.45, 7) is 1.70. The molecule has 7 heteroatoms. The van der Waals surface area contributed by atoms with E-state index in [-0.39, 0.29) is 24.5 Å². The van der Waals surface area contributed by atoms with E-state index in [0.29, 0.717) is 0 Å². The molecule has 0 aromatic carbocycles. The first-order chi connectivity index (χ1) is 7.87. The van der Waals surface area contributed by atoms with Crippen LogP contribution in [0.25, 0.3) is 0 Å². The molecule has 1 aromatic heterocycles. The van der Waals surface area contributed by atoms with Gasteiger partial charge in [0.15, 0.2) is 0 Å². The zero-order valence-electron chi connectivity index (χ0n) is 9.92. The molecule has 6 nitrogen and oxygen atoms in total. The van der Waals surface area contributed by atoms with E-state index in [2.05, 4.69) is 0 Å². The number of aryl methyl sites for hydroxylation is 1. The summed E-state index contributed by atoms with van der Waals surface area (Å²) in [5.74, 6) is 0.0721. The van der Waals surface area contributed by atoms with Crippen LogP contribution in [0.5, 0.6) is 0 Å². The van der Waals surface area contributed by atoms with E-state index in [1.54, 1.807) is 14.0 Å². The second-order valence-electron chi connectivity index (χ2n) is 3.79. The highest BCUT2D eigenvalue weighted by Gasteiger charge is 2.08. The van der Waals surface area contributed by atoms with Crippen molar-refractivity contribution in [2.45, 2.75) is 19.9 Å². The lowest BCUT2D eigenvalue weighted by Crippen LogP contribution is -2.38. The van der Waals surface area contributed by atoms with Gasteiger partial charge in [0.05, 0.1) is 5.75 Å². The molecule has 0 saturated carbocycles. The zero-order valence-corrected chi connectivity index (χ0v) is 10.7. The maximum Gasteiger partial charge on any atom is 0.330 e. The lowest BCUT2D eigenvalue weighted by atomic mass is 10.4. The van der Waals surface area contributed by atoms with Crippen molar-refractivity contribution in [1.29, 1.82) is 0 Å². The van der Waals surface area contributed by atoms with Gasteiger partial charge in [-0.3, -0.25) is 9.36 Å². The second-order valence-corrected chi connectivity index (χ2v) is 6.26. The van der Waals surface area contributed by atoms with Gasteiger partial charge in [-0.2, -0.15) is 0 Å². The molecule has 0 radical (unpaired) electrons. The van der Waals surface area contributed by atoms with Gasteiger partial charge in [0.25, 0.3) is 5.56 Å². The predicted molar refractivity (Wildman–Crippen MR) is 64.9 cm³/mol. The SMILES string of the molecule is CCS(=O)(=O)CCCn1c(=O)ccn(C)c1=O. The molecule has 0 fully saturated rings. The van der Waals surface area contributed by atoms with E-state index in [1.807, 2.05) is 0 Å². The number of nitrogens with zero attached hydrogens (tertiary/aromatic N) is 2. The fourth-order valence-electron chi connectivity index (χ4n) is 1.41. The molecular weight excluding hydrogens is 244 g/mol. The van der Waals surface area contributed by atoms with Gasteiger partial charge < -0.3 is 4.57 Å². The first-order valence-electron chi connectivity index (χ1n) is 5.34. The summed E-state index contributed by atoms with van der Waals surface area (Å²) in [4.78, 5) is 23.0. The Kier molecular flexibility index (Phi) is 4.28. The summed E-state index contributed by atoms with van der Waals surface area (Å²) >= 11 is 0. The maximum absolute atomic E-state index is 11.6. The normalized spacial score (nSPS) is 11.6. The smallest absolute Gasteiger partial charge is 0.303 e. The van der Waals surface area contributed by atoms with Crippen molar-refractivity contribution >= 4 is 9.84 Å². The van der Waals surface area contributed by atoms with Crippen LogP contribution >= 0.6 is 0 Å². The van der Waals surface area contributed by atoms with E-state index in [4.69, 9.17) is 0 Å². The summed E-state index contributed by atoms with van der Waals surface area (Å²) in [7, 11) is -1.51. The van der Waals surface area contributed by atoms with Crippen LogP contribution < -0.4 is 11.2 Å². The average Bonchev–Trinajstić information content (AvgIpc) is 2.28. The molecule has 1 heterocycles. The van der Waals surface area contributed by atoms with Gasteiger partial charge in [0.2, 0.25) is 0 Å². The monoisotopic (exact) mass is 260 g/mol. The van der Waals surface area contributed by atoms with Gasteiger partial charge in [-0.25, -0.2) is 13.2 Å². The minimum absolute atomic E-state index is 0.00596. The quantitative estimate of drug-likeness (QED) is 0.706. The standard InChI is InChI=1S/C10H16N2O4S/c1-3-17(15,16)8-4-6-12-9(13)5-7-11(2)10(12)14/h5,7H,3-4,6,8H2,1-2H3. The van der Waals surface area contributed by atoms with Gasteiger partial charge in [0, 0.05) is 31.6 Å². The molecule has 17 heavy (non-hydrogen) atoms. The average molecular weight is 260 g/mol. The first kappa shape index (κ1) is 13.7. The van der Waals surface area contributed by atoms with E-state index >= 15 is 0 Å². The molecule has 96 valence electrons. The van der Waals surface area contributed by atoms with E-state index < -0.39 is 21.1 Å². The third kappa shape index (κ3) is 3.55. The minimum Gasteiger partial charge on any atom is -0.303 e. The predicted octanol–water partition coefficient (Wildman–Crippen LogP) is -0.628. The first-order valence-corrected chi connectivity index (χ1v) is 7.16. The van der Waals surface area contributed by atoms with Crippen molar-refractivity contribution in [2.75, 3.05) is 11.5 Å². The van der Waals surface area contributed by atoms with Crippen molar-refractivity contribution in [2.24, 2.45) is 7.05 Å². The van der Waals surface area contributed by atoms with Crippen molar-refractivity contribution in [1.82, 2.24) is 9.13 Å². The van der Waals surface area contributed by atoms with Crippen molar-refractivity contribution < 1.29 is 8.42 Å². The topological polar surface area (TPSA) is 78.1 Å². The number of aromatic nitrogens is 2. The van der Waals surface area contributed by atoms with Crippen molar-refractivity contribution in [3.8, 4) is 0 Å². The molecule has 0 unspecified atom stereocenters. The molecule has 0 spiro atoms. The Morgan fingerprint density at radius 1 is 1.29 bits per heavy atom. The minimum atomic E-state index is -3.05. The van der Waals surface area contributed by atoms with Gasteiger partial charge in [0.1, 0.15) is 9.84 Å². The van der Waals surface area contributed by atoms with Crippen LogP contribution in [0.4, 0.5) is 0 Å². The van der Waals surface area contributed by atoms with E-state index in [9.17, 15) is 18.0 Å². The van der Waals surface area contributed by atoms with Gasteiger partial charge >= 0.3 is 5.69 Å². The fourth-order valence-corrected chi connectivity index (χ4v) is 2.26. The molecule has 0 aliphatic carbocycles. The second kappa shape index (κ2) is 5.31. The van der Waals surface area contributed by atoms with Crippen LogP contribution in [0.15, 0.2) is 21.9 Å². The molecule has 0 bridgehead atoms. The van der Waals surface area contributed by atoms with Crippen LogP contribution in [0, 0.1) is 0 Å². The van der Waals surface area contributed by atoms with Gasteiger partial charge in [-0.1, -0.05) is 6.92 Å². The molecule has 0 aliphatic rings. The van der Waals surface area contributed by atoms with Crippen LogP contribution in [0.3, 0.4) is 0 Å². The Morgan fingerprint density at radius 2 is 1.94 bits per heavy atom. The summed E-state index contributed by atoms with van der Waals surface area (Å²) in [6, 6.07) is 1.29. The van der Waals surface area contributed by atoms with Crippen LogP contribution in [0.2, 0.25) is 0 Å². The van der Waals surface area contributed by atoms with E-state index in [0.717, 1.165) is 4.57 Å². The number of hydrogen-bond donors (Lipinski definition) is 0. The highest BCUT2D eigenvalue weighted by atomic mass is 32.2. The molecule has 1 rings (SSSR count). The van der Waals surface area contributed by atoms with Gasteiger partial charge in [-0.15, -0.1) is 0 Å². The number of hydrogen-bond acceptors (Lipinski definition) is 4. The molecule has 1 aromatic rings. The van der Waals surface area contributed by atoms with Crippen molar-refractivity contribution in [3.63, 3.8) is 0 Å². The van der Waals surface area contributed by atoms with Gasteiger partial charge in [-0.05, 0) is 6.42 Å². The molecule has 0 saturated heterocycles.